The summed E-state index contributed by atoms with van der Waals surface area (Å²) in [6, 6.07) is 22.2. The number of carbonyl (C=O) groups excluding carboxylic acids is 1. The minimum Gasteiger partial charge on any atom is -0.495 e. The number of aromatic nitrogens is 1. The molecule has 37 heavy (non-hydrogen) atoms. The highest BCUT2D eigenvalue weighted by atomic mass is 16.5. The Morgan fingerprint density at radius 1 is 0.973 bits per heavy atom. The maximum atomic E-state index is 12.9. The first-order valence-corrected chi connectivity index (χ1v) is 13.5. The molecule has 0 aliphatic heterocycles. The van der Waals surface area contributed by atoms with E-state index >= 15 is 0 Å². The molecule has 2 fully saturated rings. The Labute approximate surface area is 221 Å². The standard InChI is InChI=1S/C33H38N2O2/c1-22-16-26-17-23(2)20-33(19-22,21-26)28-12-14-29(15-13-28)35-32(36)27-10-8-25(9-11-27)18-30-6-5-7-31(34-30)24(3)37-4/h5-15,22-23,26H,3,16-21H2,1-2,4H3,(H,35,36). The number of hydrogen-bond donors (Lipinski definition) is 1. The number of methoxy groups -OCH3 is 1. The Hall–Kier alpha value is -3.40. The molecule has 3 aromatic rings. The number of nitrogens with one attached hydrogen (secondary N) is 1. The van der Waals surface area contributed by atoms with E-state index in [0.717, 1.165) is 40.4 Å². The van der Waals surface area contributed by atoms with Crippen molar-refractivity contribution in [2.75, 3.05) is 12.4 Å². The molecule has 4 nitrogen and oxygen atoms in total. The third-order valence-corrected chi connectivity index (χ3v) is 8.32. The highest BCUT2D eigenvalue weighted by molar-refractivity contribution is 6.04. The molecule has 2 unspecified atom stereocenters. The fourth-order valence-corrected chi connectivity index (χ4v) is 6.99. The number of rotatable bonds is 7. The van der Waals surface area contributed by atoms with Gasteiger partial charge in [-0.2, -0.15) is 0 Å². The Morgan fingerprint density at radius 2 is 1.65 bits per heavy atom. The van der Waals surface area contributed by atoms with Crippen LogP contribution in [0.5, 0.6) is 0 Å². The van der Waals surface area contributed by atoms with Crippen molar-refractivity contribution in [3.05, 3.63) is 101 Å². The zero-order valence-electron chi connectivity index (χ0n) is 22.3. The minimum absolute atomic E-state index is 0.0911. The van der Waals surface area contributed by atoms with Crippen molar-refractivity contribution in [1.29, 1.82) is 0 Å². The van der Waals surface area contributed by atoms with Crippen molar-refractivity contribution < 1.29 is 9.53 Å². The predicted octanol–water partition coefficient (Wildman–Crippen LogP) is 7.65. The fraction of sp³-hybridized carbons (Fsp3) is 0.394. The molecule has 1 aromatic heterocycles. The van der Waals surface area contributed by atoms with Gasteiger partial charge in [0.2, 0.25) is 0 Å². The Kier molecular flexibility index (Phi) is 7.19. The molecule has 2 aromatic carbocycles. The molecule has 0 spiro atoms. The Morgan fingerprint density at radius 3 is 2.30 bits per heavy atom. The van der Waals surface area contributed by atoms with Crippen LogP contribution in [0.15, 0.2) is 73.3 Å². The van der Waals surface area contributed by atoms with E-state index in [1.165, 1.54) is 37.7 Å². The first-order valence-electron chi connectivity index (χ1n) is 13.5. The minimum atomic E-state index is -0.0911. The summed E-state index contributed by atoms with van der Waals surface area (Å²) in [5.41, 5.74) is 6.00. The summed E-state index contributed by atoms with van der Waals surface area (Å²) in [4.78, 5) is 17.5. The van der Waals surface area contributed by atoms with E-state index in [0.29, 0.717) is 23.2 Å². The van der Waals surface area contributed by atoms with Gasteiger partial charge in [-0.05, 0) is 103 Å². The van der Waals surface area contributed by atoms with Gasteiger partial charge in [0.25, 0.3) is 5.91 Å². The lowest BCUT2D eigenvalue weighted by Crippen LogP contribution is -2.42. The van der Waals surface area contributed by atoms with Gasteiger partial charge in [0.15, 0.2) is 0 Å². The van der Waals surface area contributed by atoms with Crippen LogP contribution in [-0.4, -0.2) is 18.0 Å². The molecule has 4 heteroatoms. The third-order valence-electron chi connectivity index (χ3n) is 8.32. The molecule has 192 valence electrons. The van der Waals surface area contributed by atoms with E-state index in [1.807, 2.05) is 42.5 Å². The van der Waals surface area contributed by atoms with Gasteiger partial charge < -0.3 is 10.1 Å². The van der Waals surface area contributed by atoms with Crippen LogP contribution >= 0.6 is 0 Å². The highest BCUT2D eigenvalue weighted by Crippen LogP contribution is 2.54. The zero-order chi connectivity index (χ0) is 26.0. The largest absolute Gasteiger partial charge is 0.495 e. The summed E-state index contributed by atoms with van der Waals surface area (Å²) < 4.78 is 5.19. The molecule has 1 N–H and O–H groups in total. The van der Waals surface area contributed by atoms with Crippen LogP contribution in [0, 0.1) is 17.8 Å². The molecular formula is C33H38N2O2. The van der Waals surface area contributed by atoms with Crippen molar-refractivity contribution >= 4 is 17.4 Å². The van der Waals surface area contributed by atoms with Gasteiger partial charge >= 0.3 is 0 Å². The van der Waals surface area contributed by atoms with Crippen LogP contribution in [0.4, 0.5) is 5.69 Å². The van der Waals surface area contributed by atoms with Crippen molar-refractivity contribution in [2.24, 2.45) is 17.8 Å². The second kappa shape index (κ2) is 10.5. The SMILES string of the molecule is C=C(OC)c1cccc(Cc2ccc(C(=O)Nc3ccc(C45CC(C)CC(CC(C)C4)C5)cc3)cc2)n1. The van der Waals surface area contributed by atoms with Crippen LogP contribution in [-0.2, 0) is 16.6 Å². The summed E-state index contributed by atoms with van der Waals surface area (Å²) >= 11 is 0. The monoisotopic (exact) mass is 494 g/mol. The second-order valence-corrected chi connectivity index (χ2v) is 11.5. The molecule has 2 bridgehead atoms. The van der Waals surface area contributed by atoms with Gasteiger partial charge in [-0.1, -0.05) is 50.8 Å². The first kappa shape index (κ1) is 25.3. The number of benzene rings is 2. The smallest absolute Gasteiger partial charge is 0.255 e. The second-order valence-electron chi connectivity index (χ2n) is 11.5. The number of fused-ring (bicyclic) bond motifs is 2. The molecule has 0 saturated heterocycles. The van der Waals surface area contributed by atoms with Crippen LogP contribution < -0.4 is 5.32 Å². The first-order chi connectivity index (χ1) is 17.8. The predicted molar refractivity (Wildman–Crippen MR) is 151 cm³/mol. The summed E-state index contributed by atoms with van der Waals surface area (Å²) in [5.74, 6) is 2.90. The van der Waals surface area contributed by atoms with Crippen LogP contribution in [0.25, 0.3) is 5.76 Å². The average Bonchev–Trinajstić information content (AvgIpc) is 2.88. The number of amides is 1. The quantitative estimate of drug-likeness (QED) is 0.343. The number of pyridine rings is 1. The molecule has 2 saturated carbocycles. The van der Waals surface area contributed by atoms with Gasteiger partial charge in [0.1, 0.15) is 11.5 Å². The van der Waals surface area contributed by atoms with Gasteiger partial charge in [0, 0.05) is 23.4 Å². The van der Waals surface area contributed by atoms with Gasteiger partial charge in [0.05, 0.1) is 7.11 Å². The van der Waals surface area contributed by atoms with Gasteiger partial charge in [-0.3, -0.25) is 4.79 Å². The summed E-state index contributed by atoms with van der Waals surface area (Å²) in [7, 11) is 1.59. The molecule has 2 aliphatic carbocycles. The summed E-state index contributed by atoms with van der Waals surface area (Å²) in [6.07, 6.45) is 7.32. The number of carbonyl (C=O) groups is 1. The molecule has 1 amide bonds. The van der Waals surface area contributed by atoms with E-state index in [1.54, 1.807) is 7.11 Å². The van der Waals surface area contributed by atoms with E-state index in [-0.39, 0.29) is 5.91 Å². The Balaban J connectivity index is 1.23. The van der Waals surface area contributed by atoms with Crippen LogP contribution in [0.1, 0.15) is 78.8 Å². The van der Waals surface area contributed by atoms with E-state index in [9.17, 15) is 4.79 Å². The maximum Gasteiger partial charge on any atom is 0.255 e. The van der Waals surface area contributed by atoms with Gasteiger partial charge in [-0.25, -0.2) is 4.98 Å². The van der Waals surface area contributed by atoms with E-state index < -0.39 is 0 Å². The van der Waals surface area contributed by atoms with Crippen molar-refractivity contribution in [1.82, 2.24) is 4.98 Å². The highest BCUT2D eigenvalue weighted by Gasteiger charge is 2.45. The van der Waals surface area contributed by atoms with Crippen molar-refractivity contribution in [3.8, 4) is 0 Å². The maximum absolute atomic E-state index is 12.9. The zero-order valence-corrected chi connectivity index (χ0v) is 22.3. The number of ether oxygens (including phenoxy) is 1. The van der Waals surface area contributed by atoms with Gasteiger partial charge in [-0.15, -0.1) is 0 Å². The van der Waals surface area contributed by atoms with E-state index in [4.69, 9.17) is 4.74 Å². The lowest BCUT2D eigenvalue weighted by Gasteiger charge is -2.50. The lowest BCUT2D eigenvalue weighted by atomic mass is 9.54. The third kappa shape index (κ3) is 5.64. The molecule has 0 radical (unpaired) electrons. The molecule has 2 aliphatic rings. The summed E-state index contributed by atoms with van der Waals surface area (Å²) in [5, 5.41) is 3.08. The van der Waals surface area contributed by atoms with Crippen molar-refractivity contribution in [3.63, 3.8) is 0 Å². The lowest BCUT2D eigenvalue weighted by molar-refractivity contribution is 0.0780. The van der Waals surface area contributed by atoms with Crippen LogP contribution in [0.3, 0.4) is 0 Å². The van der Waals surface area contributed by atoms with E-state index in [2.05, 4.69) is 55.0 Å². The topological polar surface area (TPSA) is 51.2 Å². The molecule has 5 rings (SSSR count). The number of anilines is 1. The normalized spacial score (nSPS) is 24.8. The van der Waals surface area contributed by atoms with Crippen LogP contribution in [0.2, 0.25) is 0 Å². The number of hydrogen-bond acceptors (Lipinski definition) is 3. The molecule has 2 atom stereocenters. The molecular weight excluding hydrogens is 456 g/mol. The molecule has 1 heterocycles. The summed E-state index contributed by atoms with van der Waals surface area (Å²) in [6.45, 7) is 8.71. The Bertz CT molecular complexity index is 1240. The fourth-order valence-electron chi connectivity index (χ4n) is 6.99. The average molecular weight is 495 g/mol. The van der Waals surface area contributed by atoms with Crippen molar-refractivity contribution in [2.45, 2.75) is 57.8 Å². The number of nitrogens with zero attached hydrogens (tertiary/aromatic N) is 1.